The van der Waals surface area contributed by atoms with Gasteiger partial charge in [0, 0.05) is 16.9 Å². The first-order chi connectivity index (χ1) is 28.2. The van der Waals surface area contributed by atoms with E-state index in [0.29, 0.717) is 0 Å². The molecule has 9 aromatic carbocycles. The number of nitrogens with zero attached hydrogens (tertiary/aromatic N) is 1. The van der Waals surface area contributed by atoms with Gasteiger partial charge in [-0.05, 0) is 102 Å². The van der Waals surface area contributed by atoms with Gasteiger partial charge in [0.1, 0.15) is 0 Å². The summed E-state index contributed by atoms with van der Waals surface area (Å²) in [5.41, 5.74) is 13.7. The van der Waals surface area contributed by atoms with Crippen molar-refractivity contribution in [3.8, 4) is 33.4 Å². The highest BCUT2D eigenvalue weighted by atomic mass is 15.1. The molecular weight excluding hydrogens is 687 g/mol. The van der Waals surface area contributed by atoms with Crippen LogP contribution in [0.25, 0.3) is 60.5 Å². The maximum atomic E-state index is 3.98. The fourth-order valence-corrected chi connectivity index (χ4v) is 7.91. The molecule has 0 heterocycles. The number of hydrogen-bond acceptors (Lipinski definition) is 1. The summed E-state index contributed by atoms with van der Waals surface area (Å²) in [5, 5.41) is 4.90. The van der Waals surface area contributed by atoms with Crippen molar-refractivity contribution in [1.29, 1.82) is 0 Å². The van der Waals surface area contributed by atoms with Crippen molar-refractivity contribution in [2.24, 2.45) is 0 Å². The standard InChI is InChI=1S/C56H41N/c1-2-3-6-26-54(48-31-30-42-19-11-12-23-47(42)40-48)56-53(45-20-9-5-10-21-45)28-16-29-55(56)57(49-36-32-43(33-37-49)41-17-7-4-8-18-41)50-38-34-46(35-39-50)52-27-15-24-44-22-13-14-25-51(44)52/h2-40H,1H2/b6-3-,54-26+. The minimum Gasteiger partial charge on any atom is -0.310 e. The first-order valence-electron chi connectivity index (χ1n) is 19.5. The van der Waals surface area contributed by atoms with Crippen LogP contribution in [0.1, 0.15) is 11.1 Å². The van der Waals surface area contributed by atoms with Crippen LogP contribution in [0.4, 0.5) is 17.1 Å². The molecule has 1 heteroatoms. The number of rotatable bonds is 10. The van der Waals surface area contributed by atoms with Crippen LogP contribution < -0.4 is 4.90 Å². The van der Waals surface area contributed by atoms with Crippen LogP contribution in [0.5, 0.6) is 0 Å². The Kier molecular flexibility index (Phi) is 9.95. The first kappa shape index (κ1) is 35.2. The van der Waals surface area contributed by atoms with E-state index in [1.165, 1.54) is 43.8 Å². The molecule has 0 fully saturated rings. The molecule has 0 amide bonds. The van der Waals surface area contributed by atoms with E-state index in [2.05, 4.69) is 236 Å². The van der Waals surface area contributed by atoms with Crippen molar-refractivity contribution in [1.82, 2.24) is 0 Å². The third-order valence-corrected chi connectivity index (χ3v) is 10.7. The molecule has 9 rings (SSSR count). The number of hydrogen-bond donors (Lipinski definition) is 0. The average Bonchev–Trinajstić information content (AvgIpc) is 3.29. The van der Waals surface area contributed by atoms with E-state index in [-0.39, 0.29) is 0 Å². The zero-order chi connectivity index (χ0) is 38.4. The molecule has 0 radical (unpaired) electrons. The topological polar surface area (TPSA) is 3.24 Å². The summed E-state index contributed by atoms with van der Waals surface area (Å²) >= 11 is 0. The molecular formula is C56H41N. The fourth-order valence-electron chi connectivity index (χ4n) is 7.91. The largest absolute Gasteiger partial charge is 0.310 e. The Morgan fingerprint density at radius 3 is 1.67 bits per heavy atom. The van der Waals surface area contributed by atoms with Crippen LogP contribution in [0.2, 0.25) is 0 Å². The smallest absolute Gasteiger partial charge is 0.0546 e. The molecule has 0 unspecified atom stereocenters. The van der Waals surface area contributed by atoms with Gasteiger partial charge in [-0.25, -0.2) is 0 Å². The van der Waals surface area contributed by atoms with Gasteiger partial charge in [-0.1, -0.05) is 207 Å². The van der Waals surface area contributed by atoms with Crippen LogP contribution in [0.3, 0.4) is 0 Å². The average molecular weight is 728 g/mol. The van der Waals surface area contributed by atoms with E-state index in [0.717, 1.165) is 44.9 Å². The lowest BCUT2D eigenvalue weighted by atomic mass is 9.87. The molecule has 0 saturated carbocycles. The summed E-state index contributed by atoms with van der Waals surface area (Å²) < 4.78 is 0. The predicted molar refractivity (Wildman–Crippen MR) is 245 cm³/mol. The summed E-state index contributed by atoms with van der Waals surface area (Å²) in [5.74, 6) is 0. The molecule has 0 aliphatic heterocycles. The molecule has 0 spiro atoms. The molecule has 0 bridgehead atoms. The van der Waals surface area contributed by atoms with Crippen LogP contribution in [0, 0.1) is 0 Å². The van der Waals surface area contributed by atoms with Gasteiger partial charge in [-0.3, -0.25) is 0 Å². The molecule has 0 aliphatic rings. The van der Waals surface area contributed by atoms with Crippen molar-refractivity contribution in [2.45, 2.75) is 0 Å². The van der Waals surface area contributed by atoms with Crippen molar-refractivity contribution in [3.05, 3.63) is 254 Å². The Morgan fingerprint density at radius 1 is 0.404 bits per heavy atom. The molecule has 1 nitrogen and oxygen atoms in total. The summed E-state index contributed by atoms with van der Waals surface area (Å²) in [6.45, 7) is 3.98. The minimum absolute atomic E-state index is 1.07. The third-order valence-electron chi connectivity index (χ3n) is 10.7. The van der Waals surface area contributed by atoms with E-state index in [9.17, 15) is 0 Å². The lowest BCUT2D eigenvalue weighted by molar-refractivity contribution is 1.27. The van der Waals surface area contributed by atoms with Crippen LogP contribution >= 0.6 is 0 Å². The highest BCUT2D eigenvalue weighted by molar-refractivity contribution is 6.01. The second-order valence-electron chi connectivity index (χ2n) is 14.2. The maximum Gasteiger partial charge on any atom is 0.0546 e. The minimum atomic E-state index is 1.07. The van der Waals surface area contributed by atoms with Gasteiger partial charge in [0.15, 0.2) is 0 Å². The molecule has 57 heavy (non-hydrogen) atoms. The predicted octanol–water partition coefficient (Wildman–Crippen LogP) is 15.6. The number of fused-ring (bicyclic) bond motifs is 2. The molecule has 0 atom stereocenters. The van der Waals surface area contributed by atoms with Gasteiger partial charge in [0.05, 0.1) is 5.69 Å². The Bertz CT molecular complexity index is 2880. The van der Waals surface area contributed by atoms with Gasteiger partial charge in [-0.2, -0.15) is 0 Å². The molecule has 270 valence electrons. The van der Waals surface area contributed by atoms with Crippen LogP contribution in [-0.4, -0.2) is 0 Å². The van der Waals surface area contributed by atoms with Crippen molar-refractivity contribution >= 4 is 44.2 Å². The van der Waals surface area contributed by atoms with E-state index < -0.39 is 0 Å². The fraction of sp³-hybridized carbons (Fsp3) is 0. The van der Waals surface area contributed by atoms with E-state index in [4.69, 9.17) is 0 Å². The zero-order valence-corrected chi connectivity index (χ0v) is 31.7. The molecule has 9 aromatic rings. The maximum absolute atomic E-state index is 3.98. The number of allylic oxidation sites excluding steroid dienone is 4. The lowest BCUT2D eigenvalue weighted by Crippen LogP contribution is -2.13. The summed E-state index contributed by atoms with van der Waals surface area (Å²) in [6.07, 6.45) is 8.16. The number of benzene rings is 9. The normalized spacial score (nSPS) is 11.6. The van der Waals surface area contributed by atoms with Crippen molar-refractivity contribution in [3.63, 3.8) is 0 Å². The van der Waals surface area contributed by atoms with Gasteiger partial charge in [-0.15, -0.1) is 0 Å². The number of anilines is 3. The van der Waals surface area contributed by atoms with E-state index >= 15 is 0 Å². The highest BCUT2D eigenvalue weighted by Crippen LogP contribution is 2.46. The van der Waals surface area contributed by atoms with E-state index in [1.807, 2.05) is 12.2 Å². The van der Waals surface area contributed by atoms with Crippen molar-refractivity contribution < 1.29 is 0 Å². The molecule has 0 N–H and O–H groups in total. The van der Waals surface area contributed by atoms with Crippen molar-refractivity contribution in [2.75, 3.05) is 4.90 Å². The molecule has 0 aromatic heterocycles. The van der Waals surface area contributed by atoms with Gasteiger partial charge >= 0.3 is 0 Å². The third kappa shape index (κ3) is 7.23. The second-order valence-corrected chi connectivity index (χ2v) is 14.2. The Balaban J connectivity index is 1.29. The van der Waals surface area contributed by atoms with Crippen LogP contribution in [0.15, 0.2) is 243 Å². The first-order valence-corrected chi connectivity index (χ1v) is 19.5. The second kappa shape index (κ2) is 16.1. The van der Waals surface area contributed by atoms with Gasteiger partial charge in [0.25, 0.3) is 0 Å². The Morgan fingerprint density at radius 2 is 0.947 bits per heavy atom. The molecule has 0 aliphatic carbocycles. The molecule has 0 saturated heterocycles. The summed E-state index contributed by atoms with van der Waals surface area (Å²) in [7, 11) is 0. The Labute approximate surface area is 335 Å². The highest BCUT2D eigenvalue weighted by Gasteiger charge is 2.23. The summed E-state index contributed by atoms with van der Waals surface area (Å²) in [4.78, 5) is 2.41. The van der Waals surface area contributed by atoms with E-state index in [1.54, 1.807) is 0 Å². The van der Waals surface area contributed by atoms with Gasteiger partial charge in [0.2, 0.25) is 0 Å². The Hall–Kier alpha value is -7.48. The monoisotopic (exact) mass is 727 g/mol. The van der Waals surface area contributed by atoms with Crippen LogP contribution in [-0.2, 0) is 0 Å². The SMILES string of the molecule is C=C/C=C\C=C(/c1ccc2ccccc2c1)c1c(-c2ccccc2)cccc1N(c1ccc(-c2ccccc2)cc1)c1ccc(-c2cccc3ccccc23)cc1. The quantitative estimate of drug-likeness (QED) is 0.127. The van der Waals surface area contributed by atoms with Gasteiger partial charge < -0.3 is 4.90 Å². The zero-order valence-electron chi connectivity index (χ0n) is 31.7. The summed E-state index contributed by atoms with van der Waals surface area (Å²) in [6, 6.07) is 76.5. The lowest BCUT2D eigenvalue weighted by Gasteiger charge is -2.30.